The lowest BCUT2D eigenvalue weighted by molar-refractivity contribution is 0.174. The molecule has 1 atom stereocenters. The van der Waals surface area contributed by atoms with E-state index in [0.717, 1.165) is 44.4 Å². The fraction of sp³-hybridized carbons (Fsp3) is 0.438. The molecule has 0 fully saturated rings. The van der Waals surface area contributed by atoms with Gasteiger partial charge in [-0.2, -0.15) is 5.10 Å². The molecule has 2 rings (SSSR count). The van der Waals surface area contributed by atoms with Crippen molar-refractivity contribution < 1.29 is 5.11 Å². The van der Waals surface area contributed by atoms with Crippen LogP contribution in [0.25, 0.3) is 0 Å². The van der Waals surface area contributed by atoms with E-state index in [9.17, 15) is 5.11 Å². The van der Waals surface area contributed by atoms with Crippen LogP contribution in [0.2, 0.25) is 0 Å². The summed E-state index contributed by atoms with van der Waals surface area (Å²) in [6.45, 7) is 6.98. The molecule has 0 saturated heterocycles. The van der Waals surface area contributed by atoms with Gasteiger partial charge in [0.05, 0.1) is 22.0 Å². The van der Waals surface area contributed by atoms with Crippen molar-refractivity contribution in [2.24, 2.45) is 0 Å². The van der Waals surface area contributed by atoms with Crippen LogP contribution in [-0.2, 0) is 19.4 Å². The summed E-state index contributed by atoms with van der Waals surface area (Å²) in [6, 6.07) is 5.97. The van der Waals surface area contributed by atoms with Gasteiger partial charge in [-0.15, -0.1) is 0 Å². The lowest BCUT2D eigenvalue weighted by Crippen LogP contribution is -2.10. The Bertz CT molecular complexity index is 637. The zero-order chi connectivity index (χ0) is 15.6. The van der Waals surface area contributed by atoms with E-state index in [-0.39, 0.29) is 0 Å². The van der Waals surface area contributed by atoms with Crippen molar-refractivity contribution in [3.8, 4) is 0 Å². The molecule has 0 aliphatic rings. The van der Waals surface area contributed by atoms with Gasteiger partial charge in [0.25, 0.3) is 0 Å². The molecule has 0 aliphatic heterocycles. The second-order valence-corrected chi connectivity index (χ2v) is 6.81. The summed E-state index contributed by atoms with van der Waals surface area (Å²) in [6.07, 6.45) is 0.916. The summed E-state index contributed by atoms with van der Waals surface area (Å²) in [4.78, 5) is 0. The normalized spacial score (nSPS) is 12.7. The second kappa shape index (κ2) is 7.07. The SMILES string of the molecule is CCc1nn(CC)c(CC(O)c2ccc(Br)cc2C)c1Br. The van der Waals surface area contributed by atoms with E-state index < -0.39 is 6.10 Å². The number of nitrogens with zero attached hydrogens (tertiary/aromatic N) is 2. The zero-order valence-electron chi connectivity index (χ0n) is 12.5. The number of aliphatic hydroxyl groups is 1. The predicted molar refractivity (Wildman–Crippen MR) is 92.5 cm³/mol. The highest BCUT2D eigenvalue weighted by atomic mass is 79.9. The molecule has 0 bridgehead atoms. The molecule has 114 valence electrons. The molecule has 0 aliphatic carbocycles. The lowest BCUT2D eigenvalue weighted by Gasteiger charge is -2.15. The Morgan fingerprint density at radius 3 is 2.57 bits per heavy atom. The number of rotatable bonds is 5. The van der Waals surface area contributed by atoms with Crippen LogP contribution in [0, 0.1) is 6.92 Å². The van der Waals surface area contributed by atoms with E-state index in [4.69, 9.17) is 0 Å². The topological polar surface area (TPSA) is 38.0 Å². The van der Waals surface area contributed by atoms with Crippen molar-refractivity contribution in [3.63, 3.8) is 0 Å². The van der Waals surface area contributed by atoms with Crippen LogP contribution < -0.4 is 0 Å². The predicted octanol–water partition coefficient (Wildman–Crippen LogP) is 4.57. The minimum absolute atomic E-state index is 0.527. The van der Waals surface area contributed by atoms with Crippen molar-refractivity contribution in [1.82, 2.24) is 9.78 Å². The number of aromatic nitrogens is 2. The highest BCUT2D eigenvalue weighted by Crippen LogP contribution is 2.29. The van der Waals surface area contributed by atoms with E-state index >= 15 is 0 Å². The third-order valence-corrected chi connectivity index (χ3v) is 5.08. The number of hydrogen-bond donors (Lipinski definition) is 1. The average molecular weight is 416 g/mol. The van der Waals surface area contributed by atoms with E-state index in [0.29, 0.717) is 6.42 Å². The van der Waals surface area contributed by atoms with Gasteiger partial charge in [0, 0.05) is 17.4 Å². The van der Waals surface area contributed by atoms with Gasteiger partial charge >= 0.3 is 0 Å². The van der Waals surface area contributed by atoms with Gasteiger partial charge in [0.1, 0.15) is 0 Å². The van der Waals surface area contributed by atoms with Crippen molar-refractivity contribution in [2.75, 3.05) is 0 Å². The summed E-state index contributed by atoms with van der Waals surface area (Å²) < 4.78 is 4.03. The molecular weight excluding hydrogens is 396 g/mol. The summed E-state index contributed by atoms with van der Waals surface area (Å²) in [5.74, 6) is 0. The molecule has 2 aromatic rings. The number of aryl methyl sites for hydroxylation is 3. The van der Waals surface area contributed by atoms with Crippen LogP contribution >= 0.6 is 31.9 Å². The second-order valence-electron chi connectivity index (χ2n) is 5.10. The highest BCUT2D eigenvalue weighted by Gasteiger charge is 2.19. The maximum atomic E-state index is 10.6. The maximum Gasteiger partial charge on any atom is 0.0848 e. The maximum absolute atomic E-state index is 10.6. The monoisotopic (exact) mass is 414 g/mol. The molecule has 3 nitrogen and oxygen atoms in total. The molecule has 1 aromatic heterocycles. The summed E-state index contributed by atoms with van der Waals surface area (Å²) >= 11 is 7.09. The van der Waals surface area contributed by atoms with Gasteiger partial charge in [-0.05, 0) is 59.5 Å². The Morgan fingerprint density at radius 2 is 2.00 bits per heavy atom. The molecule has 1 heterocycles. The van der Waals surface area contributed by atoms with Crippen LogP contribution in [0.1, 0.15) is 42.5 Å². The first-order valence-electron chi connectivity index (χ1n) is 7.16. The van der Waals surface area contributed by atoms with Gasteiger partial charge in [0.15, 0.2) is 0 Å². The minimum Gasteiger partial charge on any atom is -0.388 e. The molecule has 0 radical (unpaired) electrons. The fourth-order valence-corrected chi connectivity index (χ4v) is 3.72. The first-order valence-corrected chi connectivity index (χ1v) is 8.74. The summed E-state index contributed by atoms with van der Waals surface area (Å²) in [5, 5.41) is 15.2. The lowest BCUT2D eigenvalue weighted by atomic mass is 10.00. The van der Waals surface area contributed by atoms with Gasteiger partial charge in [-0.25, -0.2) is 0 Å². The molecule has 0 amide bonds. The Hall–Kier alpha value is -0.650. The van der Waals surface area contributed by atoms with Crippen molar-refractivity contribution >= 4 is 31.9 Å². The largest absolute Gasteiger partial charge is 0.388 e. The van der Waals surface area contributed by atoms with Gasteiger partial charge < -0.3 is 5.11 Å². The molecule has 5 heteroatoms. The van der Waals surface area contributed by atoms with E-state index in [1.807, 2.05) is 29.8 Å². The molecular formula is C16H20Br2N2O. The van der Waals surface area contributed by atoms with Crippen LogP contribution in [0.3, 0.4) is 0 Å². The van der Waals surface area contributed by atoms with Crippen molar-refractivity contribution in [2.45, 2.75) is 46.3 Å². The molecule has 0 saturated carbocycles. The quantitative estimate of drug-likeness (QED) is 0.776. The van der Waals surface area contributed by atoms with Crippen LogP contribution in [0.15, 0.2) is 27.1 Å². The molecule has 0 spiro atoms. The first kappa shape index (κ1) is 16.7. The Morgan fingerprint density at radius 1 is 1.29 bits per heavy atom. The number of halogens is 2. The third-order valence-electron chi connectivity index (χ3n) is 3.67. The molecule has 1 unspecified atom stereocenters. The standard InChI is InChI=1S/C16H20Br2N2O/c1-4-13-16(18)14(20(5-2)19-13)9-15(21)12-7-6-11(17)8-10(12)3/h6-8,15,21H,4-5,9H2,1-3H3. The molecule has 1 aromatic carbocycles. The van der Waals surface area contributed by atoms with E-state index in [2.05, 4.69) is 50.8 Å². The fourth-order valence-electron chi connectivity index (χ4n) is 2.52. The average Bonchev–Trinajstić information content (AvgIpc) is 2.75. The van der Waals surface area contributed by atoms with Crippen molar-refractivity contribution in [3.05, 3.63) is 49.7 Å². The minimum atomic E-state index is -0.527. The Labute approximate surface area is 142 Å². The smallest absolute Gasteiger partial charge is 0.0848 e. The zero-order valence-corrected chi connectivity index (χ0v) is 15.7. The Balaban J connectivity index is 2.31. The summed E-state index contributed by atoms with van der Waals surface area (Å²) in [7, 11) is 0. The van der Waals surface area contributed by atoms with Crippen LogP contribution in [0.5, 0.6) is 0 Å². The van der Waals surface area contributed by atoms with E-state index in [1.165, 1.54) is 0 Å². The number of benzene rings is 1. The Kier molecular flexibility index (Phi) is 5.63. The molecule has 21 heavy (non-hydrogen) atoms. The third kappa shape index (κ3) is 3.58. The first-order chi connectivity index (χ1) is 9.97. The van der Waals surface area contributed by atoms with E-state index in [1.54, 1.807) is 0 Å². The highest BCUT2D eigenvalue weighted by molar-refractivity contribution is 9.10. The number of hydrogen-bond acceptors (Lipinski definition) is 2. The molecule has 1 N–H and O–H groups in total. The van der Waals surface area contributed by atoms with Gasteiger partial charge in [0.2, 0.25) is 0 Å². The van der Waals surface area contributed by atoms with Gasteiger partial charge in [-0.1, -0.05) is 28.9 Å². The summed E-state index contributed by atoms with van der Waals surface area (Å²) in [5.41, 5.74) is 4.16. The van der Waals surface area contributed by atoms with Crippen LogP contribution in [-0.4, -0.2) is 14.9 Å². The van der Waals surface area contributed by atoms with Gasteiger partial charge in [-0.3, -0.25) is 4.68 Å². The number of aliphatic hydroxyl groups excluding tert-OH is 1. The van der Waals surface area contributed by atoms with Crippen molar-refractivity contribution in [1.29, 1.82) is 0 Å². The van der Waals surface area contributed by atoms with Crippen LogP contribution in [0.4, 0.5) is 0 Å².